The van der Waals surface area contributed by atoms with Crippen molar-refractivity contribution in [1.82, 2.24) is 4.90 Å². The third-order valence-corrected chi connectivity index (χ3v) is 4.22. The molecule has 0 spiro atoms. The summed E-state index contributed by atoms with van der Waals surface area (Å²) in [4.78, 5) is 25.0. The Hall–Kier alpha value is -1.95. The molecule has 1 heterocycles. The molecule has 1 fully saturated rings. The number of nitro groups is 1. The molecule has 6 heteroatoms. The third kappa shape index (κ3) is 3.21. The molecule has 1 aliphatic heterocycles. The maximum absolute atomic E-state index is 12.5. The predicted molar refractivity (Wildman–Crippen MR) is 80.1 cm³/mol. The van der Waals surface area contributed by atoms with Gasteiger partial charge in [-0.1, -0.05) is 12.1 Å². The first-order valence-corrected chi connectivity index (χ1v) is 7.20. The summed E-state index contributed by atoms with van der Waals surface area (Å²) in [6, 6.07) is 4.99. The van der Waals surface area contributed by atoms with Gasteiger partial charge in [-0.05, 0) is 38.7 Å². The van der Waals surface area contributed by atoms with Gasteiger partial charge in [0.05, 0.1) is 4.92 Å². The summed E-state index contributed by atoms with van der Waals surface area (Å²) in [5.74, 6) is 0.162. The molecule has 1 aromatic rings. The van der Waals surface area contributed by atoms with Crippen molar-refractivity contribution in [3.8, 4) is 0 Å². The molecular formula is C15H21N3O3. The maximum Gasteiger partial charge on any atom is 0.285 e. The summed E-state index contributed by atoms with van der Waals surface area (Å²) in [7, 11) is 0. The lowest BCUT2D eigenvalue weighted by Crippen LogP contribution is -2.42. The van der Waals surface area contributed by atoms with Crippen LogP contribution in [0.3, 0.4) is 0 Å². The number of rotatable bonds is 3. The minimum absolute atomic E-state index is 0.0863. The molecule has 0 saturated carbocycles. The number of amides is 1. The number of likely N-dealkylation sites (tertiary alicyclic amines) is 1. The second-order valence-corrected chi connectivity index (χ2v) is 5.72. The minimum atomic E-state index is -0.475. The first-order valence-electron chi connectivity index (χ1n) is 7.20. The number of aryl methyl sites for hydroxylation is 1. The summed E-state index contributed by atoms with van der Waals surface area (Å²) < 4.78 is 0. The van der Waals surface area contributed by atoms with E-state index in [4.69, 9.17) is 5.73 Å². The monoisotopic (exact) mass is 291 g/mol. The molecule has 1 unspecified atom stereocenters. The van der Waals surface area contributed by atoms with E-state index in [2.05, 4.69) is 0 Å². The highest BCUT2D eigenvalue weighted by Crippen LogP contribution is 2.27. The Balaban J connectivity index is 2.19. The molecule has 1 saturated heterocycles. The van der Waals surface area contributed by atoms with Crippen LogP contribution in [0.25, 0.3) is 0 Å². The van der Waals surface area contributed by atoms with Crippen LogP contribution < -0.4 is 5.73 Å². The summed E-state index contributed by atoms with van der Waals surface area (Å²) in [6.07, 6.45) is 1.70. The second-order valence-electron chi connectivity index (χ2n) is 5.72. The van der Waals surface area contributed by atoms with Gasteiger partial charge in [-0.2, -0.15) is 0 Å². The summed E-state index contributed by atoms with van der Waals surface area (Å²) >= 11 is 0. The van der Waals surface area contributed by atoms with Gasteiger partial charge in [0.15, 0.2) is 0 Å². The SMILES string of the molecule is Cc1cccc(C(=O)N2CCC(C(C)N)CC2)c1[N+](=O)[O-]. The normalized spacial score (nSPS) is 17.6. The molecule has 114 valence electrons. The minimum Gasteiger partial charge on any atom is -0.338 e. The van der Waals surface area contributed by atoms with Gasteiger partial charge in [-0.3, -0.25) is 14.9 Å². The molecule has 0 aromatic heterocycles. The van der Waals surface area contributed by atoms with Crippen molar-refractivity contribution in [2.24, 2.45) is 11.7 Å². The van der Waals surface area contributed by atoms with E-state index in [0.717, 1.165) is 12.8 Å². The Kier molecular flexibility index (Phi) is 4.57. The number of nitrogens with zero attached hydrogens (tertiary/aromatic N) is 2. The fraction of sp³-hybridized carbons (Fsp3) is 0.533. The number of nitro benzene ring substituents is 1. The number of carbonyl (C=O) groups excluding carboxylic acids is 1. The summed E-state index contributed by atoms with van der Waals surface area (Å²) in [5, 5.41) is 11.2. The quantitative estimate of drug-likeness (QED) is 0.682. The van der Waals surface area contributed by atoms with Gasteiger partial charge in [-0.15, -0.1) is 0 Å². The average molecular weight is 291 g/mol. The van der Waals surface area contributed by atoms with Crippen LogP contribution in [0, 0.1) is 23.0 Å². The topological polar surface area (TPSA) is 89.5 Å². The first-order chi connectivity index (χ1) is 9.91. The van der Waals surface area contributed by atoms with Gasteiger partial charge in [0.25, 0.3) is 11.6 Å². The van der Waals surface area contributed by atoms with Crippen molar-refractivity contribution < 1.29 is 9.72 Å². The number of hydrogen-bond acceptors (Lipinski definition) is 4. The number of benzene rings is 1. The maximum atomic E-state index is 12.5. The van der Waals surface area contributed by atoms with E-state index < -0.39 is 4.92 Å². The molecule has 0 bridgehead atoms. The van der Waals surface area contributed by atoms with E-state index in [1.165, 1.54) is 6.07 Å². The van der Waals surface area contributed by atoms with Crippen molar-refractivity contribution >= 4 is 11.6 Å². The molecular weight excluding hydrogens is 270 g/mol. The van der Waals surface area contributed by atoms with E-state index in [0.29, 0.717) is 24.6 Å². The highest BCUT2D eigenvalue weighted by atomic mass is 16.6. The average Bonchev–Trinajstić information content (AvgIpc) is 2.46. The van der Waals surface area contributed by atoms with Gasteiger partial charge in [0.2, 0.25) is 0 Å². The van der Waals surface area contributed by atoms with Crippen LogP contribution in [0.2, 0.25) is 0 Å². The number of hydrogen-bond donors (Lipinski definition) is 1. The molecule has 1 aromatic carbocycles. The largest absolute Gasteiger partial charge is 0.338 e. The summed E-state index contributed by atoms with van der Waals surface area (Å²) in [6.45, 7) is 4.84. The molecule has 2 rings (SSSR count). The zero-order chi connectivity index (χ0) is 15.6. The lowest BCUT2D eigenvalue weighted by Gasteiger charge is -2.33. The fourth-order valence-corrected chi connectivity index (χ4v) is 2.87. The van der Waals surface area contributed by atoms with Crippen LogP contribution in [-0.4, -0.2) is 34.9 Å². The Morgan fingerprint density at radius 1 is 1.43 bits per heavy atom. The van der Waals surface area contributed by atoms with Crippen molar-refractivity contribution in [2.45, 2.75) is 32.7 Å². The Morgan fingerprint density at radius 3 is 2.57 bits per heavy atom. The lowest BCUT2D eigenvalue weighted by molar-refractivity contribution is -0.385. The van der Waals surface area contributed by atoms with Gasteiger partial charge in [0, 0.05) is 24.7 Å². The number of piperidine rings is 1. The lowest BCUT2D eigenvalue weighted by atomic mass is 9.90. The Bertz CT molecular complexity index is 549. The van der Waals surface area contributed by atoms with Crippen LogP contribution in [0.15, 0.2) is 18.2 Å². The molecule has 6 nitrogen and oxygen atoms in total. The third-order valence-electron chi connectivity index (χ3n) is 4.22. The predicted octanol–water partition coefficient (Wildman–Crippen LogP) is 2.10. The van der Waals surface area contributed by atoms with Crippen molar-refractivity contribution in [2.75, 3.05) is 13.1 Å². The Labute approximate surface area is 124 Å². The molecule has 2 N–H and O–H groups in total. The van der Waals surface area contributed by atoms with E-state index in [-0.39, 0.29) is 23.2 Å². The molecule has 21 heavy (non-hydrogen) atoms. The Morgan fingerprint density at radius 2 is 2.05 bits per heavy atom. The van der Waals surface area contributed by atoms with E-state index in [1.54, 1.807) is 24.0 Å². The zero-order valence-corrected chi connectivity index (χ0v) is 12.4. The van der Waals surface area contributed by atoms with Crippen LogP contribution in [0.4, 0.5) is 5.69 Å². The highest BCUT2D eigenvalue weighted by molar-refractivity contribution is 5.98. The molecule has 1 atom stereocenters. The van der Waals surface area contributed by atoms with E-state index in [9.17, 15) is 14.9 Å². The van der Waals surface area contributed by atoms with Gasteiger partial charge < -0.3 is 10.6 Å². The van der Waals surface area contributed by atoms with Crippen LogP contribution >= 0.6 is 0 Å². The number of para-hydroxylation sites is 1. The first kappa shape index (κ1) is 15.4. The van der Waals surface area contributed by atoms with Crippen LogP contribution in [-0.2, 0) is 0 Å². The number of carbonyl (C=O) groups is 1. The van der Waals surface area contributed by atoms with Crippen molar-refractivity contribution in [1.29, 1.82) is 0 Å². The molecule has 0 aliphatic carbocycles. The van der Waals surface area contributed by atoms with Crippen molar-refractivity contribution in [3.05, 3.63) is 39.4 Å². The molecule has 0 radical (unpaired) electrons. The summed E-state index contributed by atoms with van der Waals surface area (Å²) in [5.41, 5.74) is 6.49. The fourth-order valence-electron chi connectivity index (χ4n) is 2.87. The van der Waals surface area contributed by atoms with E-state index in [1.807, 2.05) is 6.92 Å². The van der Waals surface area contributed by atoms with Crippen LogP contribution in [0.5, 0.6) is 0 Å². The van der Waals surface area contributed by atoms with Gasteiger partial charge in [-0.25, -0.2) is 0 Å². The van der Waals surface area contributed by atoms with Gasteiger partial charge >= 0.3 is 0 Å². The molecule has 1 aliphatic rings. The van der Waals surface area contributed by atoms with Gasteiger partial charge in [0.1, 0.15) is 5.56 Å². The smallest absolute Gasteiger partial charge is 0.285 e. The second kappa shape index (κ2) is 6.22. The van der Waals surface area contributed by atoms with Crippen molar-refractivity contribution in [3.63, 3.8) is 0 Å². The molecule has 1 amide bonds. The number of nitrogens with two attached hydrogens (primary N) is 1. The zero-order valence-electron chi connectivity index (χ0n) is 12.4. The van der Waals surface area contributed by atoms with E-state index >= 15 is 0 Å². The standard InChI is InChI=1S/C15H21N3O3/c1-10-4-3-5-13(14(10)18(20)21)15(19)17-8-6-12(7-9-17)11(2)16/h3-5,11-12H,6-9,16H2,1-2H3. The van der Waals surface area contributed by atoms with Crippen LogP contribution in [0.1, 0.15) is 35.7 Å². The highest BCUT2D eigenvalue weighted by Gasteiger charge is 2.29.